The van der Waals surface area contributed by atoms with Crippen molar-refractivity contribution in [2.75, 3.05) is 39.6 Å². The van der Waals surface area contributed by atoms with Crippen LogP contribution in [0.4, 0.5) is 0 Å². The van der Waals surface area contributed by atoms with Crippen molar-refractivity contribution in [3.05, 3.63) is 0 Å². The first-order valence-electron chi connectivity index (χ1n) is 40.7. The highest BCUT2D eigenvalue weighted by atomic mass is 31.2. The molecule has 0 aromatic carbocycles. The summed E-state index contributed by atoms with van der Waals surface area (Å²) in [5.74, 6) is -1.26. The van der Waals surface area contributed by atoms with Gasteiger partial charge in [-0.2, -0.15) is 0 Å². The van der Waals surface area contributed by atoms with Gasteiger partial charge in [0, 0.05) is 25.7 Å². The van der Waals surface area contributed by atoms with Crippen LogP contribution in [-0.2, 0) is 65.4 Å². The number of carbonyl (C=O) groups excluding carboxylic acids is 4. The van der Waals surface area contributed by atoms with Gasteiger partial charge < -0.3 is 33.8 Å². The smallest absolute Gasteiger partial charge is 0.462 e. The molecule has 0 saturated heterocycles. The molecular formula is C78H152O17P2. The normalized spacial score (nSPS) is 14.2. The van der Waals surface area contributed by atoms with E-state index in [0.29, 0.717) is 25.7 Å². The number of carbonyl (C=O) groups is 4. The summed E-state index contributed by atoms with van der Waals surface area (Å²) in [6.07, 6.45) is 60.7. The number of rotatable bonds is 78. The monoisotopic (exact) mass is 1420 g/mol. The van der Waals surface area contributed by atoms with Crippen molar-refractivity contribution in [3.8, 4) is 0 Å². The van der Waals surface area contributed by atoms with Crippen LogP contribution in [0, 0.1) is 5.92 Å². The first-order chi connectivity index (χ1) is 47.1. The minimum absolute atomic E-state index is 0.108. The third-order valence-electron chi connectivity index (χ3n) is 18.6. The minimum atomic E-state index is -4.96. The third kappa shape index (κ3) is 70.9. The van der Waals surface area contributed by atoms with Crippen LogP contribution in [0.5, 0.6) is 0 Å². The lowest BCUT2D eigenvalue weighted by molar-refractivity contribution is -0.161. The summed E-state index contributed by atoms with van der Waals surface area (Å²) in [4.78, 5) is 72.9. The number of hydrogen-bond donors (Lipinski definition) is 3. The molecule has 0 aromatic rings. The van der Waals surface area contributed by atoms with Crippen molar-refractivity contribution < 1.29 is 80.2 Å². The maximum atomic E-state index is 13.1. The molecule has 3 N–H and O–H groups in total. The van der Waals surface area contributed by atoms with E-state index in [-0.39, 0.29) is 25.7 Å². The molecule has 0 fully saturated rings. The van der Waals surface area contributed by atoms with Crippen LogP contribution in [-0.4, -0.2) is 96.7 Å². The van der Waals surface area contributed by atoms with Gasteiger partial charge in [0.1, 0.15) is 19.3 Å². The van der Waals surface area contributed by atoms with Gasteiger partial charge in [0.2, 0.25) is 0 Å². The Morgan fingerprint density at radius 3 is 0.732 bits per heavy atom. The molecule has 0 spiro atoms. The fourth-order valence-corrected chi connectivity index (χ4v) is 13.6. The number of esters is 4. The van der Waals surface area contributed by atoms with Crippen LogP contribution in [0.3, 0.4) is 0 Å². The van der Waals surface area contributed by atoms with Crippen LogP contribution in [0.1, 0.15) is 413 Å². The highest BCUT2D eigenvalue weighted by molar-refractivity contribution is 7.47. The predicted molar refractivity (Wildman–Crippen MR) is 395 cm³/mol. The van der Waals surface area contributed by atoms with Crippen molar-refractivity contribution >= 4 is 39.5 Å². The van der Waals surface area contributed by atoms with Crippen molar-refractivity contribution in [2.45, 2.75) is 432 Å². The number of phosphoric ester groups is 2. The molecule has 3 unspecified atom stereocenters. The molecule has 0 aliphatic rings. The molecule has 0 amide bonds. The van der Waals surface area contributed by atoms with Gasteiger partial charge in [-0.25, -0.2) is 9.13 Å². The van der Waals surface area contributed by atoms with E-state index in [1.165, 1.54) is 238 Å². The number of aliphatic hydroxyl groups excluding tert-OH is 1. The largest absolute Gasteiger partial charge is 0.472 e. The quantitative estimate of drug-likeness (QED) is 0.0222. The molecule has 0 heterocycles. The van der Waals surface area contributed by atoms with Gasteiger partial charge in [-0.1, -0.05) is 362 Å². The topological polar surface area (TPSA) is 237 Å². The minimum Gasteiger partial charge on any atom is -0.462 e. The second kappa shape index (κ2) is 71.1. The summed E-state index contributed by atoms with van der Waals surface area (Å²) in [5, 5.41) is 10.6. The Kier molecular flexibility index (Phi) is 69.6. The van der Waals surface area contributed by atoms with Gasteiger partial charge in [0.25, 0.3) is 0 Å². The Balaban J connectivity index is 5.25. The standard InChI is InChI=1S/C78H152O17P2/c1-6-10-13-16-19-22-25-28-33-37-42-47-52-57-62-76(81)89-68-74(95-78(83)64-59-54-49-44-39-34-30-29-32-35-40-45-50-55-60-71(5)9-4)70-93-97(86,87)91-66-72(79)65-90-96(84,85)92-69-73(67-88-75(80)61-56-51-46-41-36-27-24-21-18-15-12-8-3)94-77(82)63-58-53-48-43-38-31-26-23-20-17-14-11-7-2/h71-74,79H,6-70H2,1-5H3,(H,84,85)(H,86,87)/t71?,72-,73+,74+/m0/s1. The maximum absolute atomic E-state index is 13.1. The van der Waals surface area contributed by atoms with Gasteiger partial charge in [0.15, 0.2) is 12.2 Å². The number of aliphatic hydroxyl groups is 1. The van der Waals surface area contributed by atoms with E-state index in [0.717, 1.165) is 95.8 Å². The van der Waals surface area contributed by atoms with Crippen molar-refractivity contribution in [3.63, 3.8) is 0 Å². The second-order valence-electron chi connectivity index (χ2n) is 28.3. The SMILES string of the molecule is CCCCCCCCCCCCCCCCC(=O)OC[C@H](COP(=O)(O)OC[C@@H](O)COP(=O)(O)OC[C@@H](COC(=O)CCCCCCCCCCCCCC)OC(=O)CCCCCCCCCCCCCCC)OC(=O)CCCCCCCCCCCCCCCCC(C)CC. The van der Waals surface area contributed by atoms with E-state index < -0.39 is 97.5 Å². The van der Waals surface area contributed by atoms with Crippen LogP contribution in [0.2, 0.25) is 0 Å². The van der Waals surface area contributed by atoms with Crippen LogP contribution >= 0.6 is 15.6 Å². The van der Waals surface area contributed by atoms with Crippen molar-refractivity contribution in [2.24, 2.45) is 5.92 Å². The molecule has 6 atom stereocenters. The van der Waals surface area contributed by atoms with Crippen LogP contribution < -0.4 is 0 Å². The average molecular weight is 1420 g/mol. The summed E-state index contributed by atoms with van der Waals surface area (Å²) in [6.45, 7) is 7.37. The molecule has 19 heteroatoms. The fraction of sp³-hybridized carbons (Fsp3) is 0.949. The number of hydrogen-bond acceptors (Lipinski definition) is 15. The lowest BCUT2D eigenvalue weighted by Gasteiger charge is -2.21. The zero-order valence-electron chi connectivity index (χ0n) is 63.2. The van der Waals surface area contributed by atoms with Gasteiger partial charge in [-0.15, -0.1) is 0 Å². The number of phosphoric acid groups is 2. The van der Waals surface area contributed by atoms with E-state index >= 15 is 0 Å². The first kappa shape index (κ1) is 95.1. The summed E-state index contributed by atoms with van der Waals surface area (Å²) >= 11 is 0. The summed E-state index contributed by atoms with van der Waals surface area (Å²) in [7, 11) is -9.91. The van der Waals surface area contributed by atoms with Crippen molar-refractivity contribution in [1.82, 2.24) is 0 Å². The predicted octanol–water partition coefficient (Wildman–Crippen LogP) is 23.3. The Labute approximate surface area is 594 Å². The van der Waals surface area contributed by atoms with Gasteiger partial charge >= 0.3 is 39.5 Å². The van der Waals surface area contributed by atoms with Gasteiger partial charge in [0.05, 0.1) is 26.4 Å². The summed E-state index contributed by atoms with van der Waals surface area (Å²) in [6, 6.07) is 0. The molecule has 97 heavy (non-hydrogen) atoms. The molecule has 0 aliphatic heterocycles. The molecule has 576 valence electrons. The molecule has 0 radical (unpaired) electrons. The highest BCUT2D eigenvalue weighted by Crippen LogP contribution is 2.45. The van der Waals surface area contributed by atoms with E-state index in [2.05, 4.69) is 34.6 Å². The van der Waals surface area contributed by atoms with E-state index in [4.69, 9.17) is 37.0 Å². The molecular weight excluding hydrogens is 1270 g/mol. The van der Waals surface area contributed by atoms with E-state index in [1.807, 2.05) is 0 Å². The molecule has 0 saturated carbocycles. The van der Waals surface area contributed by atoms with Gasteiger partial charge in [-0.05, 0) is 31.6 Å². The van der Waals surface area contributed by atoms with E-state index in [1.54, 1.807) is 0 Å². The fourth-order valence-electron chi connectivity index (χ4n) is 12.0. The Hall–Kier alpha value is -1.94. The third-order valence-corrected chi connectivity index (χ3v) is 20.5. The number of ether oxygens (including phenoxy) is 4. The molecule has 0 rings (SSSR count). The molecule has 0 aliphatic carbocycles. The number of unbranched alkanes of at least 4 members (excludes halogenated alkanes) is 49. The summed E-state index contributed by atoms with van der Waals surface area (Å²) < 4.78 is 68.6. The van der Waals surface area contributed by atoms with Gasteiger partial charge in [-0.3, -0.25) is 37.3 Å². The van der Waals surface area contributed by atoms with Crippen LogP contribution in [0.25, 0.3) is 0 Å². The van der Waals surface area contributed by atoms with Crippen molar-refractivity contribution in [1.29, 1.82) is 0 Å². The Morgan fingerprint density at radius 1 is 0.289 bits per heavy atom. The zero-order chi connectivity index (χ0) is 71.2. The highest BCUT2D eigenvalue weighted by Gasteiger charge is 2.30. The molecule has 0 bridgehead atoms. The van der Waals surface area contributed by atoms with Crippen LogP contribution in [0.15, 0.2) is 0 Å². The molecule has 17 nitrogen and oxygen atoms in total. The average Bonchev–Trinajstić information content (AvgIpc) is 1.77. The zero-order valence-corrected chi connectivity index (χ0v) is 65.0. The first-order valence-corrected chi connectivity index (χ1v) is 43.7. The Morgan fingerprint density at radius 2 is 0.495 bits per heavy atom. The Bertz CT molecular complexity index is 1860. The lowest BCUT2D eigenvalue weighted by atomic mass is 9.99. The second-order valence-corrected chi connectivity index (χ2v) is 31.3. The lowest BCUT2D eigenvalue weighted by Crippen LogP contribution is -2.30. The maximum Gasteiger partial charge on any atom is 0.472 e. The van der Waals surface area contributed by atoms with E-state index in [9.17, 15) is 43.2 Å². The molecule has 0 aromatic heterocycles. The summed E-state index contributed by atoms with van der Waals surface area (Å²) in [5.41, 5.74) is 0.